The van der Waals surface area contributed by atoms with Crippen LogP contribution in [0.1, 0.15) is 28.8 Å². The van der Waals surface area contributed by atoms with Gasteiger partial charge in [-0.05, 0) is 36.6 Å². The van der Waals surface area contributed by atoms with E-state index in [0.717, 1.165) is 24.2 Å². The zero-order valence-electron chi connectivity index (χ0n) is 14.9. The molecule has 0 spiro atoms. The topological polar surface area (TPSA) is 115 Å². The number of amides is 1. The number of aromatic nitrogens is 3. The van der Waals surface area contributed by atoms with Gasteiger partial charge in [0.25, 0.3) is 11.6 Å². The van der Waals surface area contributed by atoms with Crippen LogP contribution in [0.2, 0.25) is 0 Å². The molecule has 0 radical (unpaired) electrons. The molecule has 0 saturated heterocycles. The Kier molecular flexibility index (Phi) is 4.71. The number of nitrogens with one attached hydrogen (secondary N) is 2. The number of carbonyl (C=O) groups is 1. The monoisotopic (exact) mass is 378 g/mol. The second-order valence-corrected chi connectivity index (χ2v) is 6.58. The Morgan fingerprint density at radius 3 is 2.79 bits per heavy atom. The number of imidazole rings is 1. The van der Waals surface area contributed by atoms with Crippen molar-refractivity contribution in [1.82, 2.24) is 19.9 Å². The average Bonchev–Trinajstić information content (AvgIpc) is 3.35. The number of nitro groups is 1. The fourth-order valence-electron chi connectivity index (χ4n) is 2.74. The molecule has 0 atom stereocenters. The van der Waals surface area contributed by atoms with E-state index in [0.29, 0.717) is 12.2 Å². The van der Waals surface area contributed by atoms with E-state index in [9.17, 15) is 14.9 Å². The molecule has 0 unspecified atom stereocenters. The Bertz CT molecular complexity index is 997. The van der Waals surface area contributed by atoms with Gasteiger partial charge < -0.3 is 10.6 Å². The normalized spacial score (nSPS) is 13.1. The summed E-state index contributed by atoms with van der Waals surface area (Å²) < 4.78 is 1.79. The highest BCUT2D eigenvalue weighted by atomic mass is 16.6. The number of anilines is 1. The Morgan fingerprint density at radius 2 is 2.14 bits per heavy atom. The zero-order chi connectivity index (χ0) is 19.5. The van der Waals surface area contributed by atoms with Crippen LogP contribution in [0.4, 0.5) is 11.4 Å². The number of carbonyl (C=O) groups excluding carboxylic acids is 1. The fourth-order valence-corrected chi connectivity index (χ4v) is 2.74. The van der Waals surface area contributed by atoms with Gasteiger partial charge in [0, 0.05) is 42.8 Å². The molecule has 9 heteroatoms. The summed E-state index contributed by atoms with van der Waals surface area (Å²) in [7, 11) is 0. The van der Waals surface area contributed by atoms with Crippen LogP contribution in [0.15, 0.2) is 55.2 Å². The van der Waals surface area contributed by atoms with Gasteiger partial charge in [-0.3, -0.25) is 19.5 Å². The third-order valence-electron chi connectivity index (χ3n) is 4.43. The van der Waals surface area contributed by atoms with Crippen molar-refractivity contribution in [2.45, 2.75) is 25.4 Å². The number of benzene rings is 1. The van der Waals surface area contributed by atoms with E-state index < -0.39 is 4.92 Å². The molecule has 142 valence electrons. The van der Waals surface area contributed by atoms with Crippen molar-refractivity contribution in [1.29, 1.82) is 0 Å². The van der Waals surface area contributed by atoms with Crippen molar-refractivity contribution in [3.05, 3.63) is 76.5 Å². The lowest BCUT2D eigenvalue weighted by Crippen LogP contribution is -2.25. The summed E-state index contributed by atoms with van der Waals surface area (Å²) in [4.78, 5) is 31.4. The molecule has 0 bridgehead atoms. The Hall–Kier alpha value is -3.75. The number of hydrogen-bond donors (Lipinski definition) is 2. The van der Waals surface area contributed by atoms with E-state index in [2.05, 4.69) is 20.6 Å². The molecule has 4 rings (SSSR count). The van der Waals surface area contributed by atoms with Crippen LogP contribution in [0.3, 0.4) is 0 Å². The second kappa shape index (κ2) is 7.47. The molecular weight excluding hydrogens is 360 g/mol. The third-order valence-corrected chi connectivity index (χ3v) is 4.43. The average molecular weight is 378 g/mol. The molecule has 28 heavy (non-hydrogen) atoms. The van der Waals surface area contributed by atoms with E-state index >= 15 is 0 Å². The first kappa shape index (κ1) is 17.7. The minimum Gasteiger partial charge on any atom is -0.375 e. The highest BCUT2D eigenvalue weighted by molar-refractivity contribution is 5.96. The number of nitro benzene ring substituents is 1. The lowest BCUT2D eigenvalue weighted by atomic mass is 10.1. The Labute approximate surface area is 160 Å². The second-order valence-electron chi connectivity index (χ2n) is 6.58. The fraction of sp³-hybridized carbons (Fsp3) is 0.211. The summed E-state index contributed by atoms with van der Waals surface area (Å²) in [5.74, 6) is 0.453. The minimum atomic E-state index is -0.489. The van der Waals surface area contributed by atoms with Gasteiger partial charge in [-0.1, -0.05) is 6.07 Å². The standard InChI is InChI=1S/C19H18N6O3/c26-19(23-15-3-4-15)14-2-5-16(17(9-14)25(27)28)21-10-13-1-6-18(22-11-13)24-8-7-20-12-24/h1-2,5-9,11-12,15,21H,3-4,10H2,(H,23,26). The molecule has 1 saturated carbocycles. The predicted molar refractivity (Wildman–Crippen MR) is 102 cm³/mol. The molecule has 1 aliphatic carbocycles. The van der Waals surface area contributed by atoms with Crippen molar-refractivity contribution in [2.24, 2.45) is 0 Å². The van der Waals surface area contributed by atoms with Gasteiger partial charge in [0.15, 0.2) is 0 Å². The maximum atomic E-state index is 12.1. The maximum Gasteiger partial charge on any atom is 0.293 e. The van der Waals surface area contributed by atoms with Gasteiger partial charge in [-0.2, -0.15) is 0 Å². The smallest absolute Gasteiger partial charge is 0.293 e. The first-order chi connectivity index (χ1) is 13.6. The van der Waals surface area contributed by atoms with E-state index in [-0.39, 0.29) is 23.2 Å². The molecule has 0 aliphatic heterocycles. The van der Waals surface area contributed by atoms with Crippen LogP contribution in [-0.4, -0.2) is 31.4 Å². The van der Waals surface area contributed by atoms with Gasteiger partial charge in [-0.15, -0.1) is 0 Å². The summed E-state index contributed by atoms with van der Waals surface area (Å²) >= 11 is 0. The molecule has 1 aromatic carbocycles. The van der Waals surface area contributed by atoms with Gasteiger partial charge in [0.2, 0.25) is 0 Å². The molecule has 2 heterocycles. The number of rotatable bonds is 7. The summed E-state index contributed by atoms with van der Waals surface area (Å²) in [6.45, 7) is 0.367. The molecule has 2 aromatic heterocycles. The van der Waals surface area contributed by atoms with Gasteiger partial charge in [-0.25, -0.2) is 9.97 Å². The molecule has 3 aromatic rings. The van der Waals surface area contributed by atoms with Crippen LogP contribution in [-0.2, 0) is 6.54 Å². The van der Waals surface area contributed by atoms with E-state index in [1.807, 2.05) is 12.1 Å². The molecule has 1 amide bonds. The molecule has 9 nitrogen and oxygen atoms in total. The van der Waals surface area contributed by atoms with Crippen LogP contribution in [0.25, 0.3) is 5.82 Å². The summed E-state index contributed by atoms with van der Waals surface area (Å²) in [5, 5.41) is 17.3. The summed E-state index contributed by atoms with van der Waals surface area (Å²) in [5.41, 5.74) is 1.38. The summed E-state index contributed by atoms with van der Waals surface area (Å²) in [6, 6.07) is 8.39. The molecular formula is C19H18N6O3. The first-order valence-corrected chi connectivity index (χ1v) is 8.86. The highest BCUT2D eigenvalue weighted by Crippen LogP contribution is 2.27. The number of pyridine rings is 1. The van der Waals surface area contributed by atoms with Crippen LogP contribution < -0.4 is 10.6 Å². The first-order valence-electron chi connectivity index (χ1n) is 8.86. The molecule has 1 fully saturated rings. The molecule has 2 N–H and O–H groups in total. The Balaban J connectivity index is 1.46. The van der Waals surface area contributed by atoms with Crippen LogP contribution in [0.5, 0.6) is 0 Å². The third kappa shape index (κ3) is 3.98. The van der Waals surface area contributed by atoms with Crippen molar-refractivity contribution in [3.63, 3.8) is 0 Å². The van der Waals surface area contributed by atoms with E-state index in [1.165, 1.54) is 6.07 Å². The van der Waals surface area contributed by atoms with E-state index in [1.54, 1.807) is 41.6 Å². The van der Waals surface area contributed by atoms with Crippen molar-refractivity contribution in [3.8, 4) is 5.82 Å². The predicted octanol–water partition coefficient (Wildman–Crippen LogP) is 2.68. The quantitative estimate of drug-likeness (QED) is 0.482. The van der Waals surface area contributed by atoms with Crippen molar-refractivity contribution >= 4 is 17.3 Å². The maximum absolute atomic E-state index is 12.1. The minimum absolute atomic E-state index is 0.133. The SMILES string of the molecule is O=C(NC1CC1)c1ccc(NCc2ccc(-n3ccnc3)nc2)c([N+](=O)[O-])c1. The van der Waals surface area contributed by atoms with Crippen LogP contribution >= 0.6 is 0 Å². The largest absolute Gasteiger partial charge is 0.375 e. The number of hydrogen-bond acceptors (Lipinski definition) is 6. The van der Waals surface area contributed by atoms with Gasteiger partial charge >= 0.3 is 0 Å². The van der Waals surface area contributed by atoms with Crippen molar-refractivity contribution in [2.75, 3.05) is 5.32 Å². The summed E-state index contributed by atoms with van der Waals surface area (Å²) in [6.07, 6.45) is 8.74. The zero-order valence-corrected chi connectivity index (χ0v) is 14.9. The van der Waals surface area contributed by atoms with Crippen LogP contribution in [0, 0.1) is 10.1 Å². The lowest BCUT2D eigenvalue weighted by molar-refractivity contribution is -0.384. The Morgan fingerprint density at radius 1 is 1.29 bits per heavy atom. The molecule has 1 aliphatic rings. The van der Waals surface area contributed by atoms with Gasteiger partial charge in [0.05, 0.1) is 4.92 Å². The van der Waals surface area contributed by atoms with E-state index in [4.69, 9.17) is 0 Å². The number of nitrogens with zero attached hydrogens (tertiary/aromatic N) is 4. The van der Waals surface area contributed by atoms with Gasteiger partial charge in [0.1, 0.15) is 17.8 Å². The lowest BCUT2D eigenvalue weighted by Gasteiger charge is -2.09. The highest BCUT2D eigenvalue weighted by Gasteiger charge is 2.25. The van der Waals surface area contributed by atoms with Crippen molar-refractivity contribution < 1.29 is 9.72 Å².